The number of hydrogen-bond acceptors (Lipinski definition) is 2. The van der Waals surface area contributed by atoms with Crippen molar-refractivity contribution in [1.29, 1.82) is 0 Å². The normalized spacial score (nSPS) is 20.6. The second-order valence-electron chi connectivity index (χ2n) is 3.65. The Labute approximate surface area is 79.1 Å². The lowest BCUT2D eigenvalue weighted by Gasteiger charge is -2.25. The third-order valence-electron chi connectivity index (χ3n) is 2.64. The monoisotopic (exact) mass is 176 g/mol. The van der Waals surface area contributed by atoms with Gasteiger partial charge in [0, 0.05) is 18.3 Å². The molecule has 1 aliphatic heterocycles. The van der Waals surface area contributed by atoms with Crippen molar-refractivity contribution in [3.63, 3.8) is 0 Å². The number of para-hydroxylation sites is 1. The maximum Gasteiger partial charge on any atom is 0.0406 e. The van der Waals surface area contributed by atoms with Crippen molar-refractivity contribution < 1.29 is 0 Å². The Kier molecular flexibility index (Phi) is 2.23. The summed E-state index contributed by atoms with van der Waals surface area (Å²) in [5.74, 6) is 0. The van der Waals surface area contributed by atoms with E-state index < -0.39 is 0 Å². The molecule has 1 heterocycles. The van der Waals surface area contributed by atoms with E-state index in [1.165, 1.54) is 16.8 Å². The Hall–Kier alpha value is -1.02. The van der Waals surface area contributed by atoms with Crippen molar-refractivity contribution in [2.45, 2.75) is 25.8 Å². The fourth-order valence-electron chi connectivity index (χ4n) is 1.93. The molecule has 0 saturated carbocycles. The quantitative estimate of drug-likeness (QED) is 0.681. The standard InChI is InChI=1S/C11H16N2/c1-2-8-4-3-5-9-6-10(12)7-13-11(8)9/h3-5,10,13H,2,6-7,12H2,1H3/t10-/m0/s1. The lowest BCUT2D eigenvalue weighted by Crippen LogP contribution is -2.35. The number of benzene rings is 1. The van der Waals surface area contributed by atoms with E-state index in [4.69, 9.17) is 5.73 Å². The van der Waals surface area contributed by atoms with Gasteiger partial charge >= 0.3 is 0 Å². The van der Waals surface area contributed by atoms with E-state index in [2.05, 4.69) is 30.4 Å². The number of fused-ring (bicyclic) bond motifs is 1. The first-order chi connectivity index (χ1) is 6.31. The lowest BCUT2D eigenvalue weighted by molar-refractivity contribution is 0.677. The minimum absolute atomic E-state index is 0.277. The molecule has 3 N–H and O–H groups in total. The van der Waals surface area contributed by atoms with Gasteiger partial charge in [0.15, 0.2) is 0 Å². The van der Waals surface area contributed by atoms with Crippen LogP contribution in [0.3, 0.4) is 0 Å². The summed E-state index contributed by atoms with van der Waals surface area (Å²) in [6.07, 6.45) is 2.10. The van der Waals surface area contributed by atoms with Crippen LogP contribution in [0.4, 0.5) is 5.69 Å². The van der Waals surface area contributed by atoms with E-state index in [9.17, 15) is 0 Å². The van der Waals surface area contributed by atoms with Crippen LogP contribution in [0.5, 0.6) is 0 Å². The average molecular weight is 176 g/mol. The summed E-state index contributed by atoms with van der Waals surface area (Å²) in [5, 5.41) is 3.41. The van der Waals surface area contributed by atoms with Crippen LogP contribution in [0.1, 0.15) is 18.1 Å². The minimum Gasteiger partial charge on any atom is -0.383 e. The molecule has 1 aromatic rings. The second-order valence-corrected chi connectivity index (χ2v) is 3.65. The summed E-state index contributed by atoms with van der Waals surface area (Å²) in [6, 6.07) is 6.75. The zero-order chi connectivity index (χ0) is 9.26. The third-order valence-corrected chi connectivity index (χ3v) is 2.64. The van der Waals surface area contributed by atoms with E-state index in [-0.39, 0.29) is 6.04 Å². The van der Waals surface area contributed by atoms with E-state index in [0.717, 1.165) is 19.4 Å². The molecule has 1 atom stereocenters. The van der Waals surface area contributed by atoms with Gasteiger partial charge in [-0.1, -0.05) is 25.1 Å². The molecule has 0 saturated heterocycles. The van der Waals surface area contributed by atoms with Gasteiger partial charge in [0.2, 0.25) is 0 Å². The molecule has 0 fully saturated rings. The molecule has 2 rings (SSSR count). The maximum atomic E-state index is 5.88. The fourth-order valence-corrected chi connectivity index (χ4v) is 1.93. The lowest BCUT2D eigenvalue weighted by atomic mass is 9.96. The van der Waals surface area contributed by atoms with Gasteiger partial charge in [-0.25, -0.2) is 0 Å². The van der Waals surface area contributed by atoms with Gasteiger partial charge in [-0.2, -0.15) is 0 Å². The molecule has 1 aliphatic rings. The molecule has 2 heteroatoms. The summed E-state index contributed by atoms with van der Waals surface area (Å²) in [4.78, 5) is 0. The molecule has 13 heavy (non-hydrogen) atoms. The SMILES string of the molecule is CCc1cccc2c1NC[C@@H](N)C2. The van der Waals surface area contributed by atoms with E-state index in [1.54, 1.807) is 0 Å². The van der Waals surface area contributed by atoms with Gasteiger partial charge in [-0.05, 0) is 24.0 Å². The van der Waals surface area contributed by atoms with Gasteiger partial charge in [-0.3, -0.25) is 0 Å². The highest BCUT2D eigenvalue weighted by Gasteiger charge is 2.15. The second kappa shape index (κ2) is 3.38. The molecule has 0 unspecified atom stereocenters. The van der Waals surface area contributed by atoms with Crippen LogP contribution in [0.2, 0.25) is 0 Å². The summed E-state index contributed by atoms with van der Waals surface area (Å²) in [6.45, 7) is 3.09. The minimum atomic E-state index is 0.277. The predicted octanol–water partition coefficient (Wildman–Crippen LogP) is 1.54. The Morgan fingerprint density at radius 1 is 1.54 bits per heavy atom. The third kappa shape index (κ3) is 1.54. The van der Waals surface area contributed by atoms with Gasteiger partial charge in [0.1, 0.15) is 0 Å². The molecule has 0 aromatic heterocycles. The van der Waals surface area contributed by atoms with Gasteiger partial charge in [0.25, 0.3) is 0 Å². The maximum absolute atomic E-state index is 5.88. The summed E-state index contributed by atoms with van der Waals surface area (Å²) >= 11 is 0. The van der Waals surface area contributed by atoms with Crippen LogP contribution in [0.15, 0.2) is 18.2 Å². The Morgan fingerprint density at radius 3 is 3.15 bits per heavy atom. The molecule has 2 nitrogen and oxygen atoms in total. The summed E-state index contributed by atoms with van der Waals surface area (Å²) < 4.78 is 0. The molecule has 0 spiro atoms. The first-order valence-corrected chi connectivity index (χ1v) is 4.91. The van der Waals surface area contributed by atoms with E-state index in [1.807, 2.05) is 0 Å². The van der Waals surface area contributed by atoms with Crippen LogP contribution in [-0.4, -0.2) is 12.6 Å². The van der Waals surface area contributed by atoms with Crippen molar-refractivity contribution in [2.75, 3.05) is 11.9 Å². The topological polar surface area (TPSA) is 38.0 Å². The Morgan fingerprint density at radius 2 is 2.38 bits per heavy atom. The van der Waals surface area contributed by atoms with Crippen LogP contribution in [0, 0.1) is 0 Å². The number of anilines is 1. The molecular weight excluding hydrogens is 160 g/mol. The zero-order valence-electron chi connectivity index (χ0n) is 8.01. The Bertz CT molecular complexity index is 307. The van der Waals surface area contributed by atoms with Crippen molar-refractivity contribution in [2.24, 2.45) is 5.73 Å². The Balaban J connectivity index is 2.39. The highest BCUT2D eigenvalue weighted by Crippen LogP contribution is 2.25. The van der Waals surface area contributed by atoms with Crippen molar-refractivity contribution in [1.82, 2.24) is 0 Å². The molecule has 1 aromatic carbocycles. The largest absolute Gasteiger partial charge is 0.383 e. The van der Waals surface area contributed by atoms with Crippen LogP contribution >= 0.6 is 0 Å². The first-order valence-electron chi connectivity index (χ1n) is 4.91. The number of aryl methyl sites for hydroxylation is 1. The van der Waals surface area contributed by atoms with Crippen LogP contribution in [0.25, 0.3) is 0 Å². The predicted molar refractivity (Wildman–Crippen MR) is 56.0 cm³/mol. The zero-order valence-corrected chi connectivity index (χ0v) is 8.01. The van der Waals surface area contributed by atoms with Crippen LogP contribution < -0.4 is 11.1 Å². The average Bonchev–Trinajstić information content (AvgIpc) is 2.16. The van der Waals surface area contributed by atoms with Gasteiger partial charge in [-0.15, -0.1) is 0 Å². The summed E-state index contributed by atoms with van der Waals surface area (Å²) in [5.41, 5.74) is 9.98. The van der Waals surface area contributed by atoms with Crippen molar-refractivity contribution in [3.05, 3.63) is 29.3 Å². The molecule has 0 radical (unpaired) electrons. The van der Waals surface area contributed by atoms with Gasteiger partial charge in [0.05, 0.1) is 0 Å². The number of rotatable bonds is 1. The molecular formula is C11H16N2. The number of nitrogens with two attached hydrogens (primary N) is 1. The fraction of sp³-hybridized carbons (Fsp3) is 0.455. The summed E-state index contributed by atoms with van der Waals surface area (Å²) in [7, 11) is 0. The smallest absolute Gasteiger partial charge is 0.0406 e. The first kappa shape index (κ1) is 8.57. The van der Waals surface area contributed by atoms with Crippen molar-refractivity contribution >= 4 is 5.69 Å². The molecule has 0 amide bonds. The highest BCUT2D eigenvalue weighted by atomic mass is 14.9. The molecule has 70 valence electrons. The van der Waals surface area contributed by atoms with E-state index in [0.29, 0.717) is 0 Å². The number of nitrogens with one attached hydrogen (secondary N) is 1. The van der Waals surface area contributed by atoms with E-state index >= 15 is 0 Å². The molecule has 0 aliphatic carbocycles. The van der Waals surface area contributed by atoms with Crippen LogP contribution in [-0.2, 0) is 12.8 Å². The molecule has 0 bridgehead atoms. The van der Waals surface area contributed by atoms with Crippen molar-refractivity contribution in [3.8, 4) is 0 Å². The number of hydrogen-bond donors (Lipinski definition) is 2. The van der Waals surface area contributed by atoms with Gasteiger partial charge < -0.3 is 11.1 Å². The highest BCUT2D eigenvalue weighted by molar-refractivity contribution is 5.59.